The van der Waals surface area contributed by atoms with Crippen LogP contribution in [0.5, 0.6) is 0 Å². The fourth-order valence-corrected chi connectivity index (χ4v) is 1.20. The molecule has 0 saturated carbocycles. The largest absolute Gasteiger partial charge is 0.330 e. The number of nitrogens with two attached hydrogens (primary N) is 2. The second-order valence-corrected chi connectivity index (χ2v) is 3.49. The highest BCUT2D eigenvalue weighted by atomic mass is 14.9. The lowest BCUT2D eigenvalue weighted by Gasteiger charge is -2.04. The third-order valence-electron chi connectivity index (χ3n) is 2.07. The molecule has 3 radical (unpaired) electrons. The van der Waals surface area contributed by atoms with Crippen LogP contribution in [0.4, 0.5) is 0 Å². The summed E-state index contributed by atoms with van der Waals surface area (Å²) in [6.07, 6.45) is 4.63. The van der Waals surface area contributed by atoms with Crippen LogP contribution < -0.4 is 22.1 Å². The summed E-state index contributed by atoms with van der Waals surface area (Å²) in [4.78, 5) is 0. The summed E-state index contributed by atoms with van der Waals surface area (Å²) in [7, 11) is 0. The first-order chi connectivity index (χ1) is 6.91. The minimum absolute atomic E-state index is 0. The Morgan fingerprint density at radius 1 is 0.600 bits per heavy atom. The van der Waals surface area contributed by atoms with E-state index in [1.165, 1.54) is 12.8 Å². The molecule has 0 unspecified atom stereocenters. The van der Waals surface area contributed by atoms with E-state index in [0.717, 1.165) is 52.1 Å². The Labute approximate surface area is 96.1 Å². The van der Waals surface area contributed by atoms with Crippen molar-refractivity contribution in [1.82, 2.24) is 10.6 Å². The summed E-state index contributed by atoms with van der Waals surface area (Å²) in [6.45, 7) is 5.90. The van der Waals surface area contributed by atoms with Gasteiger partial charge in [0.25, 0.3) is 0 Å². The van der Waals surface area contributed by atoms with Gasteiger partial charge in [0.05, 0.1) is 0 Å². The summed E-state index contributed by atoms with van der Waals surface area (Å²) in [6, 6.07) is 0. The number of unbranched alkanes of at least 4 members (excludes halogenated alkanes) is 1. The van der Waals surface area contributed by atoms with Crippen molar-refractivity contribution in [2.24, 2.45) is 11.5 Å². The lowest BCUT2D eigenvalue weighted by Crippen LogP contribution is -2.22. The summed E-state index contributed by atoms with van der Waals surface area (Å²) in [5.74, 6) is 0. The van der Waals surface area contributed by atoms with Crippen LogP contribution in [0.25, 0.3) is 0 Å². The van der Waals surface area contributed by atoms with Gasteiger partial charge < -0.3 is 22.1 Å². The van der Waals surface area contributed by atoms with E-state index in [4.69, 9.17) is 11.5 Å². The molecule has 0 rings (SSSR count). The van der Waals surface area contributed by atoms with Crippen molar-refractivity contribution in [2.45, 2.75) is 25.7 Å². The molecule has 0 atom stereocenters. The van der Waals surface area contributed by atoms with Crippen molar-refractivity contribution in [3.8, 4) is 0 Å². The minimum Gasteiger partial charge on any atom is -0.330 e. The molecule has 0 saturated heterocycles. The van der Waals surface area contributed by atoms with Crippen molar-refractivity contribution < 1.29 is 0 Å². The minimum atomic E-state index is 0. The molecule has 5 heteroatoms. The molecule has 4 nitrogen and oxygen atoms in total. The lowest BCUT2D eigenvalue weighted by atomic mass is 10.3. The molecule has 0 amide bonds. The summed E-state index contributed by atoms with van der Waals surface area (Å²) < 4.78 is 0. The Morgan fingerprint density at radius 3 is 1.27 bits per heavy atom. The van der Waals surface area contributed by atoms with E-state index in [0.29, 0.717) is 0 Å². The Balaban J connectivity index is 0. The fraction of sp³-hybridized carbons (Fsp3) is 1.00. The van der Waals surface area contributed by atoms with Gasteiger partial charge in [-0.3, -0.25) is 0 Å². The SMILES string of the molecule is NCCCNCCCCNCCCN.[B]. The predicted octanol–water partition coefficient (Wildman–Crippen LogP) is -0.737. The molecule has 0 aromatic heterocycles. The molecule has 0 aliphatic carbocycles. The molecule has 0 aliphatic heterocycles. The van der Waals surface area contributed by atoms with Crippen LogP contribution in [0.2, 0.25) is 0 Å². The van der Waals surface area contributed by atoms with Gasteiger partial charge in [0.15, 0.2) is 0 Å². The molecule has 0 bridgehead atoms. The van der Waals surface area contributed by atoms with E-state index in [1.54, 1.807) is 0 Å². The van der Waals surface area contributed by atoms with Crippen molar-refractivity contribution in [3.63, 3.8) is 0 Å². The maximum absolute atomic E-state index is 5.38. The highest BCUT2D eigenvalue weighted by Gasteiger charge is 1.89. The van der Waals surface area contributed by atoms with Gasteiger partial charge in [0.1, 0.15) is 0 Å². The van der Waals surface area contributed by atoms with Gasteiger partial charge in [0, 0.05) is 8.41 Å². The molecule has 0 heterocycles. The van der Waals surface area contributed by atoms with Gasteiger partial charge in [-0.25, -0.2) is 0 Å². The molecular formula is C10H26BN4. The Hall–Kier alpha value is -0.0951. The van der Waals surface area contributed by atoms with Crippen LogP contribution in [0.1, 0.15) is 25.7 Å². The first-order valence-electron chi connectivity index (χ1n) is 5.73. The Kier molecular flexibility index (Phi) is 18.8. The van der Waals surface area contributed by atoms with Gasteiger partial charge >= 0.3 is 0 Å². The zero-order valence-electron chi connectivity index (χ0n) is 9.80. The van der Waals surface area contributed by atoms with Crippen LogP contribution in [0.15, 0.2) is 0 Å². The third kappa shape index (κ3) is 16.6. The second kappa shape index (κ2) is 16.3. The first-order valence-corrected chi connectivity index (χ1v) is 5.73. The Bertz CT molecular complexity index is 91.4. The number of nitrogens with one attached hydrogen (secondary N) is 2. The van der Waals surface area contributed by atoms with Gasteiger partial charge in [-0.05, 0) is 65.0 Å². The summed E-state index contributed by atoms with van der Waals surface area (Å²) >= 11 is 0. The van der Waals surface area contributed by atoms with Gasteiger partial charge in [-0.15, -0.1) is 0 Å². The van der Waals surface area contributed by atoms with Gasteiger partial charge in [-0.1, -0.05) is 0 Å². The monoisotopic (exact) mass is 213 g/mol. The van der Waals surface area contributed by atoms with E-state index in [-0.39, 0.29) is 8.41 Å². The lowest BCUT2D eigenvalue weighted by molar-refractivity contribution is 0.570. The standard InChI is InChI=1S/C10H26N4.B/c11-5-3-9-13-7-1-2-8-14-10-4-6-12;/h13-14H,1-12H2;. The first kappa shape index (κ1) is 17.3. The van der Waals surface area contributed by atoms with Crippen molar-refractivity contribution >= 4 is 8.41 Å². The highest BCUT2D eigenvalue weighted by Crippen LogP contribution is 1.84. The maximum Gasteiger partial charge on any atom is 0 e. The predicted molar refractivity (Wildman–Crippen MR) is 68.1 cm³/mol. The van der Waals surface area contributed by atoms with E-state index in [1.807, 2.05) is 0 Å². The topological polar surface area (TPSA) is 76.1 Å². The molecule has 0 aliphatic rings. The van der Waals surface area contributed by atoms with E-state index in [2.05, 4.69) is 10.6 Å². The van der Waals surface area contributed by atoms with E-state index < -0.39 is 0 Å². The zero-order chi connectivity index (χ0) is 10.5. The van der Waals surface area contributed by atoms with Gasteiger partial charge in [0.2, 0.25) is 0 Å². The molecule has 0 aromatic rings. The average Bonchev–Trinajstić information content (AvgIpc) is 2.21. The van der Waals surface area contributed by atoms with Crippen LogP contribution >= 0.6 is 0 Å². The highest BCUT2D eigenvalue weighted by molar-refractivity contribution is 5.75. The fourth-order valence-electron chi connectivity index (χ4n) is 1.20. The van der Waals surface area contributed by atoms with Crippen molar-refractivity contribution in [2.75, 3.05) is 39.3 Å². The molecule has 0 spiro atoms. The normalized spacial score (nSPS) is 10.0. The van der Waals surface area contributed by atoms with Crippen LogP contribution in [-0.2, 0) is 0 Å². The van der Waals surface area contributed by atoms with Crippen LogP contribution in [0, 0.1) is 0 Å². The molecule has 0 aromatic carbocycles. The molecular weight excluding hydrogens is 187 g/mol. The smallest absolute Gasteiger partial charge is 0 e. The quantitative estimate of drug-likeness (QED) is 0.269. The van der Waals surface area contributed by atoms with E-state index >= 15 is 0 Å². The number of hydrogen-bond acceptors (Lipinski definition) is 4. The Morgan fingerprint density at radius 2 is 0.933 bits per heavy atom. The molecule has 89 valence electrons. The maximum atomic E-state index is 5.38. The van der Waals surface area contributed by atoms with E-state index in [9.17, 15) is 0 Å². The number of rotatable bonds is 11. The summed E-state index contributed by atoms with van der Waals surface area (Å²) in [5, 5.41) is 6.72. The number of hydrogen-bond donors (Lipinski definition) is 4. The molecule has 6 N–H and O–H groups in total. The summed E-state index contributed by atoms with van der Waals surface area (Å²) in [5.41, 5.74) is 10.8. The second-order valence-electron chi connectivity index (χ2n) is 3.49. The average molecular weight is 213 g/mol. The van der Waals surface area contributed by atoms with Crippen LogP contribution in [0.3, 0.4) is 0 Å². The molecule has 15 heavy (non-hydrogen) atoms. The van der Waals surface area contributed by atoms with Crippen LogP contribution in [-0.4, -0.2) is 47.7 Å². The molecule has 0 fully saturated rings. The third-order valence-corrected chi connectivity index (χ3v) is 2.07. The van der Waals surface area contributed by atoms with Crippen molar-refractivity contribution in [1.29, 1.82) is 0 Å². The van der Waals surface area contributed by atoms with Gasteiger partial charge in [-0.2, -0.15) is 0 Å². The van der Waals surface area contributed by atoms with Crippen molar-refractivity contribution in [3.05, 3.63) is 0 Å². The zero-order valence-corrected chi connectivity index (χ0v) is 9.80.